The predicted molar refractivity (Wildman–Crippen MR) is 144 cm³/mol. The van der Waals surface area contributed by atoms with Gasteiger partial charge in [-0.1, -0.05) is 20.8 Å². The highest BCUT2D eigenvalue weighted by molar-refractivity contribution is 6.01. The summed E-state index contributed by atoms with van der Waals surface area (Å²) in [5, 5.41) is 15.6. The minimum Gasteiger partial charge on any atom is -0.472 e. The van der Waals surface area contributed by atoms with E-state index in [0.717, 1.165) is 19.3 Å². The van der Waals surface area contributed by atoms with Crippen molar-refractivity contribution in [2.45, 2.75) is 70.2 Å². The number of anilines is 1. The third kappa shape index (κ3) is 4.28. The molecule has 2 saturated heterocycles. The number of rotatable bonds is 3. The summed E-state index contributed by atoms with van der Waals surface area (Å²) in [6.07, 6.45) is 3.94. The second kappa shape index (κ2) is 9.60. The molecule has 6 rings (SSSR count). The highest BCUT2D eigenvalue weighted by Gasteiger charge is 2.63. The Hall–Kier alpha value is -3.88. The Morgan fingerprint density at radius 3 is 2.73 bits per heavy atom. The molecule has 1 spiro atoms. The third-order valence-electron chi connectivity index (χ3n) is 9.84. The number of carbonyl (C=O) groups is 4. The Morgan fingerprint density at radius 1 is 1.27 bits per heavy atom. The van der Waals surface area contributed by atoms with Crippen LogP contribution in [0.25, 0.3) is 0 Å². The lowest BCUT2D eigenvalue weighted by Gasteiger charge is -2.38. The molecule has 0 aromatic carbocycles. The molecule has 4 amide bonds. The van der Waals surface area contributed by atoms with Gasteiger partial charge in [-0.15, -0.1) is 0 Å². The van der Waals surface area contributed by atoms with Gasteiger partial charge in [0.05, 0.1) is 19.7 Å². The van der Waals surface area contributed by atoms with Crippen molar-refractivity contribution in [2.75, 3.05) is 25.5 Å². The standard InChI is InChI=1S/C29H36N6O6/c1-28(2,3)22(32-27(39)40-4)25(37)34-13-18-15-7-8-16(10-15)20(18)21(34)24(36)35-14-29(11-17(35)12-30)26(38)33-23-19(41-29)6-5-9-31-23/h5-6,9,15-18,20-22H,7-8,10-11,13-14H2,1-4H3,(H,32,39)(H,31,33,38)/t15-,16+,17+,18-,20+,21+,22-,29-/m1/s1. The molecule has 2 N–H and O–H groups in total. The number of nitrogens with one attached hydrogen (secondary N) is 2. The molecule has 2 aliphatic carbocycles. The number of ether oxygens (including phenoxy) is 2. The fourth-order valence-corrected chi connectivity index (χ4v) is 7.96. The SMILES string of the molecule is COC(=O)N[C@H](C(=O)N1C[C@@H]2[C@@H]3CC[C@@H](C3)[C@@H]2[C@H]1C(=O)N1C[C@@]2(C[C@H]1C#N)Oc1cccnc1NC2=O)C(C)(C)C. The third-order valence-corrected chi connectivity index (χ3v) is 9.84. The van der Waals surface area contributed by atoms with Crippen LogP contribution in [0.4, 0.5) is 10.6 Å². The zero-order valence-electron chi connectivity index (χ0n) is 23.8. The average molecular weight is 565 g/mol. The van der Waals surface area contributed by atoms with E-state index in [1.165, 1.54) is 12.0 Å². The zero-order valence-corrected chi connectivity index (χ0v) is 23.8. The molecule has 0 unspecified atom stereocenters. The number of nitrogens with zero attached hydrogens (tertiary/aromatic N) is 4. The lowest BCUT2D eigenvalue weighted by molar-refractivity contribution is -0.148. The Labute approximate surface area is 238 Å². The van der Waals surface area contributed by atoms with Gasteiger partial charge in [-0.3, -0.25) is 14.4 Å². The maximum absolute atomic E-state index is 14.5. The molecule has 4 heterocycles. The van der Waals surface area contributed by atoms with Gasteiger partial charge >= 0.3 is 6.09 Å². The van der Waals surface area contributed by atoms with E-state index in [2.05, 4.69) is 21.7 Å². The second-order valence-electron chi connectivity index (χ2n) is 13.2. The fourth-order valence-electron chi connectivity index (χ4n) is 7.96. The maximum atomic E-state index is 14.5. The van der Waals surface area contributed by atoms with E-state index in [-0.39, 0.29) is 36.6 Å². The molecule has 1 aromatic rings. The van der Waals surface area contributed by atoms with Gasteiger partial charge in [-0.2, -0.15) is 5.26 Å². The molecule has 218 valence electrons. The molecule has 1 aromatic heterocycles. The number of fused-ring (bicyclic) bond motifs is 6. The number of pyridine rings is 1. The first kappa shape index (κ1) is 27.3. The first-order valence-corrected chi connectivity index (χ1v) is 14.3. The van der Waals surface area contributed by atoms with Crippen LogP contribution in [0.1, 0.15) is 46.5 Å². The Kier molecular flexibility index (Phi) is 6.39. The summed E-state index contributed by atoms with van der Waals surface area (Å²) in [5.74, 6) is 0.420. The number of nitriles is 1. The molecular formula is C29H36N6O6. The first-order valence-electron chi connectivity index (χ1n) is 14.3. The fraction of sp³-hybridized carbons (Fsp3) is 0.655. The largest absolute Gasteiger partial charge is 0.472 e. The van der Waals surface area contributed by atoms with Crippen LogP contribution in [0.2, 0.25) is 0 Å². The van der Waals surface area contributed by atoms with Crippen LogP contribution < -0.4 is 15.4 Å². The van der Waals surface area contributed by atoms with E-state index in [9.17, 15) is 24.4 Å². The molecule has 41 heavy (non-hydrogen) atoms. The summed E-state index contributed by atoms with van der Waals surface area (Å²) in [5.41, 5.74) is -2.09. The summed E-state index contributed by atoms with van der Waals surface area (Å²) in [7, 11) is 1.24. The number of carbonyl (C=O) groups excluding carboxylic acids is 4. The lowest BCUT2D eigenvalue weighted by atomic mass is 9.78. The van der Waals surface area contributed by atoms with Crippen LogP contribution in [-0.4, -0.2) is 82.5 Å². The van der Waals surface area contributed by atoms with Crippen molar-refractivity contribution in [1.29, 1.82) is 5.26 Å². The van der Waals surface area contributed by atoms with Crippen molar-refractivity contribution in [2.24, 2.45) is 29.1 Å². The number of likely N-dealkylation sites (tertiary alicyclic amines) is 2. The Morgan fingerprint density at radius 2 is 2.02 bits per heavy atom. The highest BCUT2D eigenvalue weighted by atomic mass is 16.5. The second-order valence-corrected chi connectivity index (χ2v) is 13.2. The Bertz CT molecular complexity index is 1340. The number of hydrogen-bond acceptors (Lipinski definition) is 8. The number of aromatic nitrogens is 1. The van der Waals surface area contributed by atoms with Crippen molar-refractivity contribution in [3.63, 3.8) is 0 Å². The van der Waals surface area contributed by atoms with Crippen LogP contribution in [0, 0.1) is 40.4 Å². The van der Waals surface area contributed by atoms with E-state index in [1.54, 1.807) is 23.2 Å². The van der Waals surface area contributed by atoms with E-state index in [0.29, 0.717) is 29.9 Å². The van der Waals surface area contributed by atoms with Crippen molar-refractivity contribution >= 4 is 29.6 Å². The monoisotopic (exact) mass is 564 g/mol. The molecule has 3 aliphatic heterocycles. The van der Waals surface area contributed by atoms with E-state index in [1.807, 2.05) is 20.8 Å². The maximum Gasteiger partial charge on any atom is 0.407 e. The van der Waals surface area contributed by atoms with Crippen molar-refractivity contribution < 1.29 is 28.7 Å². The molecule has 5 aliphatic rings. The van der Waals surface area contributed by atoms with Gasteiger partial charge in [-0.05, 0) is 60.5 Å². The van der Waals surface area contributed by atoms with Crippen LogP contribution >= 0.6 is 0 Å². The van der Waals surface area contributed by atoms with Crippen LogP contribution in [0.3, 0.4) is 0 Å². The smallest absolute Gasteiger partial charge is 0.407 e. The van der Waals surface area contributed by atoms with Crippen molar-refractivity contribution in [1.82, 2.24) is 20.1 Å². The minimum absolute atomic E-state index is 0.00470. The number of alkyl carbamates (subject to hydrolysis) is 1. The summed E-state index contributed by atoms with van der Waals surface area (Å²) < 4.78 is 11.0. The van der Waals surface area contributed by atoms with E-state index >= 15 is 0 Å². The molecule has 12 heteroatoms. The van der Waals surface area contributed by atoms with Crippen LogP contribution in [0.5, 0.6) is 5.75 Å². The molecule has 8 atom stereocenters. The quantitative estimate of drug-likeness (QED) is 0.565. The van der Waals surface area contributed by atoms with Gasteiger partial charge < -0.3 is 29.9 Å². The molecule has 0 radical (unpaired) electrons. The lowest BCUT2D eigenvalue weighted by Crippen LogP contribution is -2.60. The average Bonchev–Trinajstić information content (AvgIpc) is 3.71. The predicted octanol–water partition coefficient (Wildman–Crippen LogP) is 1.92. The van der Waals surface area contributed by atoms with Crippen molar-refractivity contribution in [3.8, 4) is 11.8 Å². The molecule has 2 bridgehead atoms. The van der Waals surface area contributed by atoms with Gasteiger partial charge in [0.2, 0.25) is 17.4 Å². The summed E-state index contributed by atoms with van der Waals surface area (Å²) in [6.45, 7) is 5.86. The molecular weight excluding hydrogens is 528 g/mol. The minimum atomic E-state index is -1.44. The van der Waals surface area contributed by atoms with Gasteiger partial charge in [0.1, 0.15) is 18.1 Å². The van der Waals surface area contributed by atoms with Crippen LogP contribution in [-0.2, 0) is 19.1 Å². The summed E-state index contributed by atoms with van der Waals surface area (Å²) in [6, 6.07) is 2.96. The Balaban J connectivity index is 1.33. The number of methoxy groups -OCH3 is 1. The number of hydrogen-bond donors (Lipinski definition) is 2. The first-order chi connectivity index (χ1) is 19.5. The van der Waals surface area contributed by atoms with E-state index < -0.39 is 41.1 Å². The molecule has 2 saturated carbocycles. The van der Waals surface area contributed by atoms with Crippen molar-refractivity contribution in [3.05, 3.63) is 18.3 Å². The highest BCUT2D eigenvalue weighted by Crippen LogP contribution is 2.58. The zero-order chi connectivity index (χ0) is 29.3. The topological polar surface area (TPSA) is 154 Å². The summed E-state index contributed by atoms with van der Waals surface area (Å²) >= 11 is 0. The van der Waals surface area contributed by atoms with Crippen LogP contribution in [0.15, 0.2) is 18.3 Å². The summed E-state index contributed by atoms with van der Waals surface area (Å²) in [4.78, 5) is 61.5. The number of amides is 4. The van der Waals surface area contributed by atoms with Gasteiger partial charge in [0.25, 0.3) is 5.91 Å². The van der Waals surface area contributed by atoms with Gasteiger partial charge in [0, 0.05) is 19.2 Å². The normalized spacial score (nSPS) is 33.9. The van der Waals surface area contributed by atoms with Gasteiger partial charge in [-0.25, -0.2) is 9.78 Å². The molecule has 12 nitrogen and oxygen atoms in total. The van der Waals surface area contributed by atoms with E-state index in [4.69, 9.17) is 9.47 Å². The van der Waals surface area contributed by atoms with Gasteiger partial charge in [0.15, 0.2) is 11.6 Å². The molecule has 4 fully saturated rings.